The molecule has 0 saturated heterocycles. The van der Waals surface area contributed by atoms with E-state index in [1.165, 1.54) is 11.3 Å². The normalized spacial score (nSPS) is 12.9. The van der Waals surface area contributed by atoms with Crippen LogP contribution in [0, 0.1) is 13.8 Å². The van der Waals surface area contributed by atoms with Gasteiger partial charge >= 0.3 is 0 Å². The molecule has 0 saturated carbocycles. The average Bonchev–Trinajstić information content (AvgIpc) is 2.88. The van der Waals surface area contributed by atoms with Crippen molar-refractivity contribution in [3.63, 3.8) is 0 Å². The summed E-state index contributed by atoms with van der Waals surface area (Å²) in [5.74, 6) is 0. The van der Waals surface area contributed by atoms with E-state index < -0.39 is 6.10 Å². The number of aliphatic hydroxyl groups is 1. The zero-order chi connectivity index (χ0) is 12.4. The average molecular weight is 234 g/mol. The molecule has 0 radical (unpaired) electrons. The van der Waals surface area contributed by atoms with E-state index in [2.05, 4.69) is 12.0 Å². The van der Waals surface area contributed by atoms with Crippen molar-refractivity contribution in [1.82, 2.24) is 9.78 Å². The lowest BCUT2D eigenvalue weighted by Gasteiger charge is -2.08. The summed E-state index contributed by atoms with van der Waals surface area (Å²) in [5.41, 5.74) is 4.28. The van der Waals surface area contributed by atoms with Crippen molar-refractivity contribution in [3.05, 3.63) is 41.1 Å². The molecular formula is C13H18N2O2. The second-order valence-corrected chi connectivity index (χ2v) is 4.38. The Morgan fingerprint density at radius 1 is 1.47 bits per heavy atom. The summed E-state index contributed by atoms with van der Waals surface area (Å²) in [6, 6.07) is 1.80. The molecule has 4 heteroatoms. The van der Waals surface area contributed by atoms with Crippen molar-refractivity contribution >= 4 is 0 Å². The van der Waals surface area contributed by atoms with E-state index in [9.17, 15) is 5.11 Å². The van der Waals surface area contributed by atoms with E-state index in [0.29, 0.717) is 6.42 Å². The summed E-state index contributed by atoms with van der Waals surface area (Å²) in [6.45, 7) is 4.06. The van der Waals surface area contributed by atoms with Crippen LogP contribution in [0.2, 0.25) is 0 Å². The minimum Gasteiger partial charge on any atom is -0.472 e. The standard InChI is InChI=1S/C13H18N2O2/c1-9-12(10(2)15(3)14-9)4-5-13(16)11-6-7-17-8-11/h6-8,13,16H,4-5H2,1-3H3. The first kappa shape index (κ1) is 11.9. The molecule has 2 aromatic heterocycles. The topological polar surface area (TPSA) is 51.2 Å². The maximum Gasteiger partial charge on any atom is 0.0960 e. The van der Waals surface area contributed by atoms with Crippen LogP contribution in [0.25, 0.3) is 0 Å². The first-order chi connectivity index (χ1) is 8.09. The molecule has 4 nitrogen and oxygen atoms in total. The minimum atomic E-state index is -0.465. The van der Waals surface area contributed by atoms with Crippen LogP contribution in [0.4, 0.5) is 0 Å². The van der Waals surface area contributed by atoms with Crippen LogP contribution in [0.15, 0.2) is 23.0 Å². The van der Waals surface area contributed by atoms with Gasteiger partial charge in [-0.2, -0.15) is 5.10 Å². The third-order valence-corrected chi connectivity index (χ3v) is 3.25. The largest absolute Gasteiger partial charge is 0.472 e. The smallest absolute Gasteiger partial charge is 0.0960 e. The van der Waals surface area contributed by atoms with Crippen LogP contribution in [0.1, 0.15) is 35.0 Å². The number of nitrogens with zero attached hydrogens (tertiary/aromatic N) is 2. The van der Waals surface area contributed by atoms with Crippen molar-refractivity contribution in [2.45, 2.75) is 32.8 Å². The fourth-order valence-electron chi connectivity index (χ4n) is 2.09. The molecule has 1 atom stereocenters. The van der Waals surface area contributed by atoms with E-state index in [1.54, 1.807) is 18.6 Å². The molecule has 0 amide bonds. The highest BCUT2D eigenvalue weighted by Crippen LogP contribution is 2.21. The Bertz CT molecular complexity index is 486. The summed E-state index contributed by atoms with van der Waals surface area (Å²) < 4.78 is 6.85. The molecule has 1 unspecified atom stereocenters. The molecule has 0 aliphatic rings. The van der Waals surface area contributed by atoms with E-state index in [-0.39, 0.29) is 0 Å². The van der Waals surface area contributed by atoms with E-state index in [0.717, 1.165) is 17.7 Å². The van der Waals surface area contributed by atoms with Gasteiger partial charge in [0.15, 0.2) is 0 Å². The number of furan rings is 1. The first-order valence-electron chi connectivity index (χ1n) is 5.79. The van der Waals surface area contributed by atoms with Gasteiger partial charge in [-0.1, -0.05) is 0 Å². The highest BCUT2D eigenvalue weighted by Gasteiger charge is 2.13. The lowest BCUT2D eigenvalue weighted by molar-refractivity contribution is 0.167. The summed E-state index contributed by atoms with van der Waals surface area (Å²) in [7, 11) is 1.94. The summed E-state index contributed by atoms with van der Waals surface area (Å²) in [4.78, 5) is 0. The Labute approximate surface area is 101 Å². The Morgan fingerprint density at radius 2 is 2.24 bits per heavy atom. The number of aryl methyl sites for hydroxylation is 2. The molecule has 1 N–H and O–H groups in total. The van der Waals surface area contributed by atoms with Crippen molar-refractivity contribution < 1.29 is 9.52 Å². The van der Waals surface area contributed by atoms with Gasteiger partial charge in [-0.3, -0.25) is 4.68 Å². The SMILES string of the molecule is Cc1nn(C)c(C)c1CCC(O)c1ccoc1. The fraction of sp³-hybridized carbons (Fsp3) is 0.462. The summed E-state index contributed by atoms with van der Waals surface area (Å²) in [6.07, 6.45) is 4.23. The van der Waals surface area contributed by atoms with Crippen LogP contribution < -0.4 is 0 Å². The van der Waals surface area contributed by atoms with Gasteiger partial charge in [0.1, 0.15) is 0 Å². The molecule has 0 bridgehead atoms. The Kier molecular flexibility index (Phi) is 3.33. The second kappa shape index (κ2) is 4.75. The van der Waals surface area contributed by atoms with Crippen LogP contribution in [0.5, 0.6) is 0 Å². The zero-order valence-corrected chi connectivity index (χ0v) is 10.5. The van der Waals surface area contributed by atoms with Crippen LogP contribution in [-0.2, 0) is 13.5 Å². The Balaban J connectivity index is 2.03. The van der Waals surface area contributed by atoms with Gasteiger partial charge in [0.2, 0.25) is 0 Å². The third kappa shape index (κ3) is 2.42. The van der Waals surface area contributed by atoms with Gasteiger partial charge in [0.05, 0.1) is 24.3 Å². The number of aliphatic hydroxyl groups excluding tert-OH is 1. The van der Waals surface area contributed by atoms with E-state index >= 15 is 0 Å². The molecule has 0 aliphatic carbocycles. The highest BCUT2D eigenvalue weighted by molar-refractivity contribution is 5.24. The number of hydrogen-bond acceptors (Lipinski definition) is 3. The molecule has 17 heavy (non-hydrogen) atoms. The van der Waals surface area contributed by atoms with E-state index in [1.807, 2.05) is 18.7 Å². The van der Waals surface area contributed by atoms with Crippen molar-refractivity contribution in [2.75, 3.05) is 0 Å². The minimum absolute atomic E-state index is 0.465. The van der Waals surface area contributed by atoms with Gasteiger partial charge in [-0.05, 0) is 38.3 Å². The zero-order valence-electron chi connectivity index (χ0n) is 10.5. The molecule has 92 valence electrons. The Hall–Kier alpha value is -1.55. The van der Waals surface area contributed by atoms with Crippen molar-refractivity contribution in [1.29, 1.82) is 0 Å². The molecular weight excluding hydrogens is 216 g/mol. The summed E-state index contributed by atoms with van der Waals surface area (Å²) in [5, 5.41) is 14.3. The summed E-state index contributed by atoms with van der Waals surface area (Å²) >= 11 is 0. The monoisotopic (exact) mass is 234 g/mol. The number of aromatic nitrogens is 2. The number of rotatable bonds is 4. The fourth-order valence-corrected chi connectivity index (χ4v) is 2.09. The molecule has 0 fully saturated rings. The number of hydrogen-bond donors (Lipinski definition) is 1. The molecule has 0 aliphatic heterocycles. The quantitative estimate of drug-likeness (QED) is 0.883. The van der Waals surface area contributed by atoms with Gasteiger partial charge in [0, 0.05) is 18.3 Å². The lowest BCUT2D eigenvalue weighted by Crippen LogP contribution is -2.00. The van der Waals surface area contributed by atoms with Crippen LogP contribution >= 0.6 is 0 Å². The van der Waals surface area contributed by atoms with E-state index in [4.69, 9.17) is 4.42 Å². The van der Waals surface area contributed by atoms with Gasteiger partial charge in [-0.15, -0.1) is 0 Å². The predicted molar refractivity (Wildman–Crippen MR) is 64.7 cm³/mol. The van der Waals surface area contributed by atoms with Gasteiger partial charge < -0.3 is 9.52 Å². The molecule has 0 aromatic carbocycles. The van der Waals surface area contributed by atoms with Gasteiger partial charge in [-0.25, -0.2) is 0 Å². The molecule has 0 spiro atoms. The third-order valence-electron chi connectivity index (χ3n) is 3.25. The highest BCUT2D eigenvalue weighted by atomic mass is 16.3. The van der Waals surface area contributed by atoms with Crippen molar-refractivity contribution in [2.24, 2.45) is 7.05 Å². The molecule has 2 rings (SSSR count). The van der Waals surface area contributed by atoms with Crippen LogP contribution in [-0.4, -0.2) is 14.9 Å². The van der Waals surface area contributed by atoms with Crippen molar-refractivity contribution in [3.8, 4) is 0 Å². The second-order valence-electron chi connectivity index (χ2n) is 4.38. The maximum atomic E-state index is 9.97. The predicted octanol–water partition coefficient (Wildman–Crippen LogP) is 2.30. The van der Waals surface area contributed by atoms with Crippen LogP contribution in [0.3, 0.4) is 0 Å². The first-order valence-corrected chi connectivity index (χ1v) is 5.79. The molecule has 2 heterocycles. The molecule has 2 aromatic rings. The Morgan fingerprint density at radius 3 is 2.76 bits per heavy atom. The van der Waals surface area contributed by atoms with Gasteiger partial charge in [0.25, 0.3) is 0 Å². The lowest BCUT2D eigenvalue weighted by atomic mass is 10.0. The maximum absolute atomic E-state index is 9.97.